The van der Waals surface area contributed by atoms with E-state index in [4.69, 9.17) is 5.73 Å². The minimum Gasteiger partial charge on any atom is -0.335 e. The molecule has 0 aromatic rings. The maximum atomic E-state index is 11.9. The first-order valence-electron chi connectivity index (χ1n) is 5.87. The number of amides is 1. The van der Waals surface area contributed by atoms with Crippen LogP contribution in [0.4, 0.5) is 0 Å². The number of nitrogens with two attached hydrogens (primary N) is 1. The van der Waals surface area contributed by atoms with Crippen LogP contribution in [0.5, 0.6) is 0 Å². The molecule has 0 aromatic heterocycles. The highest BCUT2D eigenvalue weighted by Gasteiger charge is 2.39. The Morgan fingerprint density at radius 1 is 1.53 bits per heavy atom. The summed E-state index contributed by atoms with van der Waals surface area (Å²) in [5, 5.41) is 0. The third kappa shape index (κ3) is 2.49. The van der Waals surface area contributed by atoms with Crippen molar-refractivity contribution < 1.29 is 4.79 Å². The van der Waals surface area contributed by atoms with Gasteiger partial charge >= 0.3 is 0 Å². The van der Waals surface area contributed by atoms with Gasteiger partial charge in [-0.2, -0.15) is 0 Å². The Morgan fingerprint density at radius 2 is 2.20 bits per heavy atom. The van der Waals surface area contributed by atoms with Crippen molar-refractivity contribution in [1.29, 1.82) is 0 Å². The molecule has 0 bridgehead atoms. The Hall–Kier alpha value is -0.610. The van der Waals surface area contributed by atoms with Crippen LogP contribution in [0.2, 0.25) is 0 Å². The van der Waals surface area contributed by atoms with Gasteiger partial charge in [-0.25, -0.2) is 0 Å². The first kappa shape index (κ1) is 10.9. The standard InChI is InChI=1S/C11H21N3O/c1-8(12)5-13-6-9(2)14(10-3-4-10)11(15)7-13/h8-10H,3-7,12H2,1-2H3. The fourth-order valence-corrected chi connectivity index (χ4v) is 2.51. The number of nitrogens with zero attached hydrogens (tertiary/aromatic N) is 2. The summed E-state index contributed by atoms with van der Waals surface area (Å²) in [5.41, 5.74) is 5.75. The van der Waals surface area contributed by atoms with E-state index in [9.17, 15) is 4.79 Å². The third-order valence-corrected chi connectivity index (χ3v) is 3.13. The lowest BCUT2D eigenvalue weighted by atomic mass is 10.1. The molecule has 1 amide bonds. The summed E-state index contributed by atoms with van der Waals surface area (Å²) in [6, 6.07) is 1.06. The van der Waals surface area contributed by atoms with Crippen molar-refractivity contribution in [3.05, 3.63) is 0 Å². The predicted molar refractivity (Wildman–Crippen MR) is 59.4 cm³/mol. The molecule has 4 heteroatoms. The first-order valence-corrected chi connectivity index (χ1v) is 5.87. The smallest absolute Gasteiger partial charge is 0.237 e. The van der Waals surface area contributed by atoms with Crippen LogP contribution in [-0.2, 0) is 4.79 Å². The highest BCUT2D eigenvalue weighted by Crippen LogP contribution is 2.30. The molecule has 86 valence electrons. The molecule has 2 rings (SSSR count). The number of hydrogen-bond acceptors (Lipinski definition) is 3. The Morgan fingerprint density at radius 3 is 2.67 bits per heavy atom. The number of piperazine rings is 1. The van der Waals surface area contributed by atoms with Crippen LogP contribution in [-0.4, -0.2) is 53.5 Å². The Bertz CT molecular complexity index is 250. The molecule has 1 heterocycles. The summed E-state index contributed by atoms with van der Waals surface area (Å²) in [4.78, 5) is 16.2. The van der Waals surface area contributed by atoms with Crippen LogP contribution in [0.25, 0.3) is 0 Å². The van der Waals surface area contributed by atoms with E-state index in [1.807, 2.05) is 6.92 Å². The molecule has 1 saturated heterocycles. The summed E-state index contributed by atoms with van der Waals surface area (Å²) in [6.45, 7) is 6.49. The van der Waals surface area contributed by atoms with Crippen LogP contribution in [0, 0.1) is 0 Å². The Kier molecular flexibility index (Phi) is 2.98. The quantitative estimate of drug-likeness (QED) is 0.716. The number of carbonyl (C=O) groups excluding carboxylic acids is 1. The molecule has 15 heavy (non-hydrogen) atoms. The predicted octanol–water partition coefficient (Wildman–Crippen LogP) is 0.0287. The van der Waals surface area contributed by atoms with Crippen LogP contribution in [0.3, 0.4) is 0 Å². The van der Waals surface area contributed by atoms with Crippen molar-refractivity contribution in [2.45, 2.75) is 44.8 Å². The second-order valence-corrected chi connectivity index (χ2v) is 5.05. The second-order valence-electron chi connectivity index (χ2n) is 5.05. The van der Waals surface area contributed by atoms with Gasteiger partial charge in [-0.1, -0.05) is 0 Å². The zero-order chi connectivity index (χ0) is 11.0. The average Bonchev–Trinajstić information content (AvgIpc) is 2.84. The molecule has 1 aliphatic heterocycles. The lowest BCUT2D eigenvalue weighted by molar-refractivity contribution is -0.140. The van der Waals surface area contributed by atoms with Gasteiger partial charge in [-0.15, -0.1) is 0 Å². The Balaban J connectivity index is 1.93. The van der Waals surface area contributed by atoms with Gasteiger partial charge in [0, 0.05) is 31.2 Å². The molecule has 2 N–H and O–H groups in total. The number of rotatable bonds is 3. The van der Waals surface area contributed by atoms with Crippen LogP contribution in [0.1, 0.15) is 26.7 Å². The molecule has 2 unspecified atom stereocenters. The maximum Gasteiger partial charge on any atom is 0.237 e. The van der Waals surface area contributed by atoms with Crippen molar-refractivity contribution in [2.75, 3.05) is 19.6 Å². The Labute approximate surface area is 91.4 Å². The normalized spacial score (nSPS) is 30.7. The van der Waals surface area contributed by atoms with Gasteiger partial charge in [0.25, 0.3) is 0 Å². The number of carbonyl (C=O) groups is 1. The highest BCUT2D eigenvalue weighted by atomic mass is 16.2. The molecule has 1 saturated carbocycles. The van der Waals surface area contributed by atoms with Crippen molar-refractivity contribution >= 4 is 5.91 Å². The SMILES string of the molecule is CC(N)CN1CC(=O)N(C2CC2)C(C)C1. The molecule has 0 aromatic carbocycles. The lowest BCUT2D eigenvalue weighted by Gasteiger charge is -2.40. The second kappa shape index (κ2) is 4.10. The summed E-state index contributed by atoms with van der Waals surface area (Å²) < 4.78 is 0. The van der Waals surface area contributed by atoms with Crippen molar-refractivity contribution in [2.24, 2.45) is 5.73 Å². The van der Waals surface area contributed by atoms with Crippen LogP contribution < -0.4 is 5.73 Å². The van der Waals surface area contributed by atoms with E-state index in [-0.39, 0.29) is 11.9 Å². The molecule has 1 aliphatic carbocycles. The third-order valence-electron chi connectivity index (χ3n) is 3.13. The van der Waals surface area contributed by atoms with E-state index in [0.717, 1.165) is 13.1 Å². The van der Waals surface area contributed by atoms with E-state index in [2.05, 4.69) is 16.7 Å². The number of hydrogen-bond donors (Lipinski definition) is 1. The van der Waals surface area contributed by atoms with Gasteiger partial charge in [0.05, 0.1) is 6.54 Å². The zero-order valence-corrected chi connectivity index (χ0v) is 9.65. The van der Waals surface area contributed by atoms with E-state index in [1.165, 1.54) is 12.8 Å². The topological polar surface area (TPSA) is 49.6 Å². The summed E-state index contributed by atoms with van der Waals surface area (Å²) in [5.74, 6) is 0.289. The highest BCUT2D eigenvalue weighted by molar-refractivity contribution is 5.80. The molecule has 0 spiro atoms. The van der Waals surface area contributed by atoms with E-state index < -0.39 is 0 Å². The molecular weight excluding hydrogens is 190 g/mol. The van der Waals surface area contributed by atoms with Gasteiger partial charge in [0.15, 0.2) is 0 Å². The maximum absolute atomic E-state index is 11.9. The van der Waals surface area contributed by atoms with E-state index >= 15 is 0 Å². The van der Waals surface area contributed by atoms with Gasteiger partial charge in [-0.05, 0) is 26.7 Å². The van der Waals surface area contributed by atoms with Crippen molar-refractivity contribution in [3.8, 4) is 0 Å². The largest absolute Gasteiger partial charge is 0.335 e. The fraction of sp³-hybridized carbons (Fsp3) is 0.909. The summed E-state index contributed by atoms with van der Waals surface area (Å²) in [7, 11) is 0. The average molecular weight is 211 g/mol. The van der Waals surface area contributed by atoms with Crippen molar-refractivity contribution in [1.82, 2.24) is 9.80 Å². The molecule has 4 nitrogen and oxygen atoms in total. The van der Waals surface area contributed by atoms with Crippen LogP contribution in [0.15, 0.2) is 0 Å². The monoisotopic (exact) mass is 211 g/mol. The van der Waals surface area contributed by atoms with Gasteiger partial charge in [0.1, 0.15) is 0 Å². The minimum atomic E-state index is 0.150. The van der Waals surface area contributed by atoms with Gasteiger partial charge in [-0.3, -0.25) is 9.69 Å². The van der Waals surface area contributed by atoms with E-state index in [0.29, 0.717) is 18.6 Å². The van der Waals surface area contributed by atoms with Crippen molar-refractivity contribution in [3.63, 3.8) is 0 Å². The van der Waals surface area contributed by atoms with Gasteiger partial charge < -0.3 is 10.6 Å². The summed E-state index contributed by atoms with van der Waals surface area (Å²) >= 11 is 0. The molecule has 2 atom stereocenters. The minimum absolute atomic E-state index is 0.150. The van der Waals surface area contributed by atoms with Crippen LogP contribution >= 0.6 is 0 Å². The molecule has 0 radical (unpaired) electrons. The molecule has 2 aliphatic rings. The van der Waals surface area contributed by atoms with E-state index in [1.54, 1.807) is 0 Å². The first-order chi connectivity index (χ1) is 7.08. The zero-order valence-electron chi connectivity index (χ0n) is 9.65. The van der Waals surface area contributed by atoms with Gasteiger partial charge in [0.2, 0.25) is 5.91 Å². The molecular formula is C11H21N3O. The lowest BCUT2D eigenvalue weighted by Crippen LogP contribution is -2.57. The summed E-state index contributed by atoms with van der Waals surface area (Å²) in [6.07, 6.45) is 2.40. The fourth-order valence-electron chi connectivity index (χ4n) is 2.51. The molecule has 2 fully saturated rings.